The number of hydrogen-bond donors (Lipinski definition) is 1. The third-order valence-electron chi connectivity index (χ3n) is 3.27. The predicted molar refractivity (Wildman–Crippen MR) is 85.9 cm³/mol. The lowest BCUT2D eigenvalue weighted by atomic mass is 9.98. The van der Waals surface area contributed by atoms with Crippen molar-refractivity contribution >= 4 is 40.5 Å². The Bertz CT molecular complexity index is 569. The average molecular weight is 313 g/mol. The van der Waals surface area contributed by atoms with E-state index in [0.29, 0.717) is 16.6 Å². The van der Waals surface area contributed by atoms with E-state index in [4.69, 9.17) is 23.2 Å². The SMILES string of the molecule is C=C(C)CN1C(=O)C(C(C)C)Nc2cc(Cl)c(Cl)cc21. The van der Waals surface area contributed by atoms with Crippen molar-refractivity contribution in [3.63, 3.8) is 0 Å². The van der Waals surface area contributed by atoms with Crippen LogP contribution in [0.4, 0.5) is 11.4 Å². The lowest BCUT2D eigenvalue weighted by molar-refractivity contribution is -0.120. The van der Waals surface area contributed by atoms with Gasteiger partial charge in [0, 0.05) is 6.54 Å². The highest BCUT2D eigenvalue weighted by atomic mass is 35.5. The Morgan fingerprint density at radius 3 is 2.55 bits per heavy atom. The van der Waals surface area contributed by atoms with Crippen LogP contribution in [-0.2, 0) is 4.79 Å². The monoisotopic (exact) mass is 312 g/mol. The first-order valence-corrected chi connectivity index (χ1v) is 7.28. The van der Waals surface area contributed by atoms with Crippen LogP contribution in [0.2, 0.25) is 10.0 Å². The number of rotatable bonds is 3. The van der Waals surface area contributed by atoms with E-state index in [1.54, 1.807) is 17.0 Å². The molecule has 2 rings (SSSR count). The molecule has 108 valence electrons. The number of carbonyl (C=O) groups excluding carboxylic acids is 1. The molecule has 1 aromatic carbocycles. The summed E-state index contributed by atoms with van der Waals surface area (Å²) in [5.41, 5.74) is 2.50. The summed E-state index contributed by atoms with van der Waals surface area (Å²) < 4.78 is 0. The van der Waals surface area contributed by atoms with Gasteiger partial charge in [-0.1, -0.05) is 49.2 Å². The summed E-state index contributed by atoms with van der Waals surface area (Å²) in [6, 6.07) is 3.23. The van der Waals surface area contributed by atoms with Crippen molar-refractivity contribution in [1.29, 1.82) is 0 Å². The Morgan fingerprint density at radius 2 is 2.00 bits per heavy atom. The topological polar surface area (TPSA) is 32.3 Å². The minimum Gasteiger partial charge on any atom is -0.372 e. The van der Waals surface area contributed by atoms with Crippen LogP contribution in [0.15, 0.2) is 24.3 Å². The molecule has 5 heteroatoms. The second-order valence-corrected chi connectivity index (χ2v) is 6.35. The van der Waals surface area contributed by atoms with Gasteiger partial charge < -0.3 is 10.2 Å². The highest BCUT2D eigenvalue weighted by Crippen LogP contribution is 2.39. The Labute approximate surface area is 129 Å². The van der Waals surface area contributed by atoms with Crippen LogP contribution >= 0.6 is 23.2 Å². The molecule has 0 aromatic heterocycles. The zero-order valence-electron chi connectivity index (χ0n) is 11.8. The molecule has 0 saturated heterocycles. The standard InChI is InChI=1S/C15H18Cl2N2O/c1-8(2)7-19-13-6-11(17)10(16)5-12(13)18-14(9(3)4)15(19)20/h5-6,9,14,18H,1,7H2,2-4H3. The van der Waals surface area contributed by atoms with Crippen molar-refractivity contribution < 1.29 is 4.79 Å². The molecule has 0 saturated carbocycles. The number of nitrogens with zero attached hydrogens (tertiary/aromatic N) is 1. The summed E-state index contributed by atoms with van der Waals surface area (Å²) in [6.45, 7) is 10.3. The highest BCUT2D eigenvalue weighted by molar-refractivity contribution is 6.42. The molecule has 1 heterocycles. The summed E-state index contributed by atoms with van der Waals surface area (Å²) in [7, 11) is 0. The van der Waals surface area contributed by atoms with E-state index < -0.39 is 0 Å². The molecule has 1 aromatic rings. The van der Waals surface area contributed by atoms with Crippen LogP contribution in [0, 0.1) is 5.92 Å². The van der Waals surface area contributed by atoms with Gasteiger partial charge in [-0.3, -0.25) is 4.79 Å². The summed E-state index contributed by atoms with van der Waals surface area (Å²) in [4.78, 5) is 14.3. The molecular formula is C15H18Cl2N2O. The maximum Gasteiger partial charge on any atom is 0.250 e. The van der Waals surface area contributed by atoms with Gasteiger partial charge in [0.15, 0.2) is 0 Å². The minimum atomic E-state index is -0.265. The van der Waals surface area contributed by atoms with Crippen molar-refractivity contribution in [2.24, 2.45) is 5.92 Å². The number of anilines is 2. The van der Waals surface area contributed by atoms with Gasteiger partial charge in [-0.2, -0.15) is 0 Å². The lowest BCUT2D eigenvalue weighted by Gasteiger charge is -2.37. The molecule has 0 bridgehead atoms. The molecule has 0 radical (unpaired) electrons. The molecule has 1 unspecified atom stereocenters. The van der Waals surface area contributed by atoms with Crippen molar-refractivity contribution in [2.75, 3.05) is 16.8 Å². The Kier molecular flexibility index (Phi) is 4.31. The number of carbonyl (C=O) groups is 1. The molecule has 0 aliphatic carbocycles. The van der Waals surface area contributed by atoms with Crippen LogP contribution in [0.1, 0.15) is 20.8 Å². The van der Waals surface area contributed by atoms with E-state index in [0.717, 1.165) is 16.9 Å². The molecule has 20 heavy (non-hydrogen) atoms. The van der Waals surface area contributed by atoms with Gasteiger partial charge in [-0.05, 0) is 25.0 Å². The minimum absolute atomic E-state index is 0.0360. The van der Waals surface area contributed by atoms with Crippen molar-refractivity contribution in [1.82, 2.24) is 0 Å². The van der Waals surface area contributed by atoms with Crippen LogP contribution in [0.25, 0.3) is 0 Å². The molecule has 1 aliphatic heterocycles. The first-order chi connectivity index (χ1) is 9.31. The first kappa shape index (κ1) is 15.2. The fourth-order valence-electron chi connectivity index (χ4n) is 2.28. The molecule has 1 N–H and O–H groups in total. The van der Waals surface area contributed by atoms with Crippen molar-refractivity contribution in [3.05, 3.63) is 34.3 Å². The summed E-state index contributed by atoms with van der Waals surface area (Å²) in [6.07, 6.45) is 0. The zero-order valence-corrected chi connectivity index (χ0v) is 13.3. The molecular weight excluding hydrogens is 295 g/mol. The first-order valence-electron chi connectivity index (χ1n) is 6.52. The highest BCUT2D eigenvalue weighted by Gasteiger charge is 2.34. The maximum absolute atomic E-state index is 12.6. The number of nitrogens with one attached hydrogen (secondary N) is 1. The van der Waals surface area contributed by atoms with Crippen LogP contribution in [-0.4, -0.2) is 18.5 Å². The normalized spacial score (nSPS) is 18.0. The van der Waals surface area contributed by atoms with E-state index in [9.17, 15) is 4.79 Å². The number of amides is 1. The quantitative estimate of drug-likeness (QED) is 0.841. The van der Waals surface area contributed by atoms with E-state index >= 15 is 0 Å². The molecule has 0 fully saturated rings. The van der Waals surface area contributed by atoms with Crippen LogP contribution < -0.4 is 10.2 Å². The largest absolute Gasteiger partial charge is 0.372 e. The zero-order chi connectivity index (χ0) is 15.0. The summed E-state index contributed by atoms with van der Waals surface area (Å²) in [5, 5.41) is 4.17. The Balaban J connectivity index is 2.52. The van der Waals surface area contributed by atoms with Crippen LogP contribution in [0.3, 0.4) is 0 Å². The second kappa shape index (κ2) is 5.66. The van der Waals surface area contributed by atoms with Crippen molar-refractivity contribution in [3.8, 4) is 0 Å². The molecule has 3 nitrogen and oxygen atoms in total. The maximum atomic E-state index is 12.6. The van der Waals surface area contributed by atoms with Gasteiger partial charge in [0.25, 0.3) is 0 Å². The summed E-state index contributed by atoms with van der Waals surface area (Å²) >= 11 is 12.1. The van der Waals surface area contributed by atoms with Crippen LogP contribution in [0.5, 0.6) is 0 Å². The van der Waals surface area contributed by atoms with Gasteiger partial charge in [0.05, 0.1) is 21.4 Å². The van der Waals surface area contributed by atoms with E-state index in [2.05, 4.69) is 11.9 Å². The van der Waals surface area contributed by atoms with E-state index in [-0.39, 0.29) is 17.9 Å². The molecule has 1 amide bonds. The predicted octanol–water partition coefficient (Wildman–Crippen LogP) is 4.35. The number of halogens is 2. The third kappa shape index (κ3) is 2.79. The lowest BCUT2D eigenvalue weighted by Crippen LogP contribution is -2.50. The fourth-order valence-corrected chi connectivity index (χ4v) is 2.60. The van der Waals surface area contributed by atoms with Crippen molar-refractivity contribution in [2.45, 2.75) is 26.8 Å². The van der Waals surface area contributed by atoms with Gasteiger partial charge in [0.1, 0.15) is 6.04 Å². The van der Waals surface area contributed by atoms with Gasteiger partial charge >= 0.3 is 0 Å². The van der Waals surface area contributed by atoms with E-state index in [1.165, 1.54) is 0 Å². The van der Waals surface area contributed by atoms with Gasteiger partial charge in [0.2, 0.25) is 5.91 Å². The number of hydrogen-bond acceptors (Lipinski definition) is 2. The summed E-state index contributed by atoms with van der Waals surface area (Å²) in [5.74, 6) is 0.214. The number of benzene rings is 1. The number of fused-ring (bicyclic) bond motifs is 1. The molecule has 1 aliphatic rings. The van der Waals surface area contributed by atoms with E-state index in [1.807, 2.05) is 20.8 Å². The smallest absolute Gasteiger partial charge is 0.250 e. The second-order valence-electron chi connectivity index (χ2n) is 5.53. The van der Waals surface area contributed by atoms with Gasteiger partial charge in [-0.25, -0.2) is 0 Å². The molecule has 0 spiro atoms. The Morgan fingerprint density at radius 1 is 1.40 bits per heavy atom. The van der Waals surface area contributed by atoms with Gasteiger partial charge in [-0.15, -0.1) is 0 Å². The average Bonchev–Trinajstić information content (AvgIpc) is 2.34. The third-order valence-corrected chi connectivity index (χ3v) is 3.99. The molecule has 1 atom stereocenters. The fraction of sp³-hybridized carbons (Fsp3) is 0.400. The Hall–Kier alpha value is -1.19.